The van der Waals surface area contributed by atoms with Crippen molar-refractivity contribution in [3.63, 3.8) is 0 Å². The lowest BCUT2D eigenvalue weighted by atomic mass is 9.80. The van der Waals surface area contributed by atoms with Crippen LogP contribution < -0.4 is 0 Å². The molecule has 0 amide bonds. The summed E-state index contributed by atoms with van der Waals surface area (Å²) in [6, 6.07) is 3.82. The first kappa shape index (κ1) is 14.9. The molecule has 114 valence electrons. The summed E-state index contributed by atoms with van der Waals surface area (Å²) in [5.74, 6) is 1.31. The predicted octanol–water partition coefficient (Wildman–Crippen LogP) is 3.38. The fourth-order valence-electron chi connectivity index (χ4n) is 3.79. The second-order valence-corrected chi connectivity index (χ2v) is 7.50. The van der Waals surface area contributed by atoms with Gasteiger partial charge in [0, 0.05) is 19.1 Å². The van der Waals surface area contributed by atoms with Crippen LogP contribution in [0.1, 0.15) is 43.9 Å². The summed E-state index contributed by atoms with van der Waals surface area (Å²) in [4.78, 5) is 2.54. The molecule has 1 fully saturated rings. The normalized spacial score (nSPS) is 25.8. The van der Waals surface area contributed by atoms with Gasteiger partial charge < -0.3 is 10.2 Å². The topological polar surface area (TPSA) is 43.7 Å². The van der Waals surface area contributed by atoms with E-state index < -0.39 is 0 Å². The van der Waals surface area contributed by atoms with Crippen molar-refractivity contribution in [3.05, 3.63) is 23.3 Å². The second kappa shape index (κ2) is 5.62. The molecule has 4 heteroatoms. The zero-order chi connectivity index (χ0) is 15.1. The van der Waals surface area contributed by atoms with Crippen LogP contribution in [0.4, 0.5) is 0 Å². The molecule has 0 aliphatic carbocycles. The SMILES string of the molecule is CC(C)C[C@@H]1CN2CCc3cc(O)c(O)cc3C2CC1=P. The van der Waals surface area contributed by atoms with Gasteiger partial charge in [0.25, 0.3) is 0 Å². The summed E-state index contributed by atoms with van der Waals surface area (Å²) in [6.45, 7) is 6.68. The van der Waals surface area contributed by atoms with Gasteiger partial charge in [0.2, 0.25) is 0 Å². The minimum Gasteiger partial charge on any atom is -0.504 e. The van der Waals surface area contributed by atoms with Crippen LogP contribution in [-0.4, -0.2) is 33.5 Å². The van der Waals surface area contributed by atoms with Crippen LogP contribution in [0, 0.1) is 11.8 Å². The highest BCUT2D eigenvalue weighted by molar-refractivity contribution is 7.21. The zero-order valence-corrected chi connectivity index (χ0v) is 13.8. The molecule has 0 saturated carbocycles. The van der Waals surface area contributed by atoms with Gasteiger partial charge in [-0.1, -0.05) is 13.8 Å². The number of rotatable bonds is 2. The molecule has 1 aromatic carbocycles. The molecule has 1 saturated heterocycles. The Morgan fingerprint density at radius 1 is 1.29 bits per heavy atom. The van der Waals surface area contributed by atoms with Crippen molar-refractivity contribution >= 4 is 14.2 Å². The first-order chi connectivity index (χ1) is 9.95. The van der Waals surface area contributed by atoms with E-state index in [1.807, 2.05) is 0 Å². The molecule has 1 unspecified atom stereocenters. The lowest BCUT2D eigenvalue weighted by Gasteiger charge is -2.44. The average molecular weight is 305 g/mol. The van der Waals surface area contributed by atoms with Gasteiger partial charge in [-0.05, 0) is 59.7 Å². The summed E-state index contributed by atoms with van der Waals surface area (Å²) < 4.78 is 0. The smallest absolute Gasteiger partial charge is 0.157 e. The summed E-state index contributed by atoms with van der Waals surface area (Å²) in [5.41, 5.74) is 2.35. The van der Waals surface area contributed by atoms with Crippen molar-refractivity contribution in [2.75, 3.05) is 13.1 Å². The molecule has 21 heavy (non-hydrogen) atoms. The Morgan fingerprint density at radius 3 is 2.71 bits per heavy atom. The fraction of sp³-hybridized carbons (Fsp3) is 0.588. The Morgan fingerprint density at radius 2 is 2.00 bits per heavy atom. The van der Waals surface area contributed by atoms with Crippen LogP contribution in [0.3, 0.4) is 0 Å². The molecule has 2 N–H and O–H groups in total. The molecule has 3 rings (SSSR count). The monoisotopic (exact) mass is 305 g/mol. The van der Waals surface area contributed by atoms with Crippen molar-refractivity contribution in [2.45, 2.75) is 39.2 Å². The lowest BCUT2D eigenvalue weighted by Crippen LogP contribution is -2.46. The number of aromatic hydroxyl groups is 2. The van der Waals surface area contributed by atoms with E-state index in [2.05, 4.69) is 27.6 Å². The van der Waals surface area contributed by atoms with Crippen LogP contribution in [0.2, 0.25) is 0 Å². The molecule has 3 nitrogen and oxygen atoms in total. The summed E-state index contributed by atoms with van der Waals surface area (Å²) >= 11 is 0. The molecule has 2 aliphatic rings. The number of hydrogen-bond acceptors (Lipinski definition) is 3. The highest BCUT2D eigenvalue weighted by Gasteiger charge is 2.36. The molecule has 0 spiro atoms. The highest BCUT2D eigenvalue weighted by Crippen LogP contribution is 2.42. The van der Waals surface area contributed by atoms with Crippen molar-refractivity contribution < 1.29 is 10.2 Å². The van der Waals surface area contributed by atoms with Gasteiger partial charge in [-0.15, -0.1) is 8.86 Å². The molecule has 2 heterocycles. The van der Waals surface area contributed by atoms with Crippen LogP contribution in [0.15, 0.2) is 12.1 Å². The van der Waals surface area contributed by atoms with Crippen molar-refractivity contribution in [3.8, 4) is 11.5 Å². The maximum Gasteiger partial charge on any atom is 0.157 e. The Labute approximate surface area is 128 Å². The van der Waals surface area contributed by atoms with E-state index in [0.717, 1.165) is 25.9 Å². The van der Waals surface area contributed by atoms with Gasteiger partial charge >= 0.3 is 0 Å². The number of phenols is 2. The molecule has 0 aromatic heterocycles. The third kappa shape index (κ3) is 2.82. The first-order valence-corrected chi connectivity index (χ1v) is 8.31. The first-order valence-electron chi connectivity index (χ1n) is 7.81. The minimum absolute atomic E-state index is 0.00160. The number of fused-ring (bicyclic) bond motifs is 3. The molecule has 0 radical (unpaired) electrons. The Bertz CT molecular complexity index is 570. The molecule has 2 atom stereocenters. The largest absolute Gasteiger partial charge is 0.504 e. The van der Waals surface area contributed by atoms with E-state index in [9.17, 15) is 10.2 Å². The quantitative estimate of drug-likeness (QED) is 0.650. The number of piperidine rings is 1. The summed E-state index contributed by atoms with van der Waals surface area (Å²) in [5, 5.41) is 20.9. The van der Waals surface area contributed by atoms with Crippen molar-refractivity contribution in [1.29, 1.82) is 0 Å². The van der Waals surface area contributed by atoms with E-state index in [-0.39, 0.29) is 11.5 Å². The minimum atomic E-state index is -0.00425. The lowest BCUT2D eigenvalue weighted by molar-refractivity contribution is 0.149. The van der Waals surface area contributed by atoms with E-state index in [4.69, 9.17) is 0 Å². The average Bonchev–Trinajstić information content (AvgIpc) is 2.41. The molecule has 1 aromatic rings. The van der Waals surface area contributed by atoms with Crippen LogP contribution in [0.5, 0.6) is 11.5 Å². The van der Waals surface area contributed by atoms with Crippen LogP contribution >= 0.6 is 8.86 Å². The van der Waals surface area contributed by atoms with Gasteiger partial charge in [0.05, 0.1) is 0 Å². The second-order valence-electron chi connectivity index (χ2n) is 6.86. The zero-order valence-electron chi connectivity index (χ0n) is 12.8. The van der Waals surface area contributed by atoms with Gasteiger partial charge in [-0.25, -0.2) is 0 Å². The number of hydrogen-bond donors (Lipinski definition) is 2. The van der Waals surface area contributed by atoms with E-state index >= 15 is 0 Å². The van der Waals surface area contributed by atoms with E-state index in [1.54, 1.807) is 12.1 Å². The summed E-state index contributed by atoms with van der Waals surface area (Å²) in [7, 11) is 3.86. The van der Waals surface area contributed by atoms with Gasteiger partial charge in [0.1, 0.15) is 0 Å². The number of nitrogens with zero attached hydrogens (tertiary/aromatic N) is 1. The van der Waals surface area contributed by atoms with Crippen LogP contribution in [0.25, 0.3) is 0 Å². The van der Waals surface area contributed by atoms with E-state index in [1.165, 1.54) is 22.8 Å². The molecular weight excluding hydrogens is 281 g/mol. The van der Waals surface area contributed by atoms with E-state index in [0.29, 0.717) is 17.9 Å². The Hall–Kier alpha value is -1.05. The third-order valence-corrected chi connectivity index (χ3v) is 5.43. The molecule has 2 aliphatic heterocycles. The highest BCUT2D eigenvalue weighted by atomic mass is 31.0. The molecular formula is C17H24NO2P. The predicted molar refractivity (Wildman–Crippen MR) is 88.7 cm³/mol. The van der Waals surface area contributed by atoms with Crippen molar-refractivity contribution in [1.82, 2.24) is 4.90 Å². The number of phenolic OH excluding ortho intramolecular Hbond substituents is 2. The third-order valence-electron chi connectivity index (χ3n) is 4.82. The van der Waals surface area contributed by atoms with Gasteiger partial charge in [-0.3, -0.25) is 4.90 Å². The standard InChI is InChI=1S/C17H24NO2P/c1-10(2)5-12-9-18-4-3-11-6-15(19)16(20)7-13(11)14(18)8-17(12)21/h6-7,10,12,14,19-21H,3-5,8-9H2,1-2H3/t12-,14?/m1/s1. The molecule has 0 bridgehead atoms. The van der Waals surface area contributed by atoms with Gasteiger partial charge in [0.15, 0.2) is 11.5 Å². The Balaban J connectivity index is 1.87. The Kier molecular flexibility index (Phi) is 3.98. The summed E-state index contributed by atoms with van der Waals surface area (Å²) in [6.07, 6.45) is 3.16. The maximum atomic E-state index is 9.81. The van der Waals surface area contributed by atoms with Gasteiger partial charge in [-0.2, -0.15) is 0 Å². The van der Waals surface area contributed by atoms with Crippen molar-refractivity contribution in [2.24, 2.45) is 11.8 Å². The maximum absolute atomic E-state index is 9.81. The van der Waals surface area contributed by atoms with Crippen LogP contribution in [-0.2, 0) is 6.42 Å². The fourth-order valence-corrected chi connectivity index (χ4v) is 4.19. The number of benzene rings is 1.